The fourth-order valence-electron chi connectivity index (χ4n) is 3.12. The lowest BCUT2D eigenvalue weighted by Crippen LogP contribution is -2.52. The lowest BCUT2D eigenvalue weighted by atomic mass is 10.1. The summed E-state index contributed by atoms with van der Waals surface area (Å²) in [6.45, 7) is -0.153. The Hall–Kier alpha value is -1.79. The van der Waals surface area contributed by atoms with Crippen molar-refractivity contribution in [2.75, 3.05) is 12.4 Å². The van der Waals surface area contributed by atoms with Crippen LogP contribution < -0.4 is 9.86 Å². The molecular formula is C20H24ClN3O9S3. The molecule has 12 nitrogen and oxygen atoms in total. The summed E-state index contributed by atoms with van der Waals surface area (Å²) in [5, 5.41) is 40.1. The monoisotopic (exact) mass is 581 g/mol. The van der Waals surface area contributed by atoms with Gasteiger partial charge in [-0.05, 0) is 17.7 Å². The van der Waals surface area contributed by atoms with Crippen molar-refractivity contribution >= 4 is 54.9 Å². The van der Waals surface area contributed by atoms with Gasteiger partial charge in [0.25, 0.3) is 10.0 Å². The van der Waals surface area contributed by atoms with Gasteiger partial charge in [0, 0.05) is 5.75 Å². The highest BCUT2D eigenvalue weighted by Crippen LogP contribution is 2.35. The Morgan fingerprint density at radius 1 is 1.11 bits per heavy atom. The Balaban J connectivity index is 0.000000303. The SMILES string of the molecule is NS(=O)(=O)c1cc2c(cc1Cl)N=C(CSCc1ccccc1)NS2(=O)=O.OC1OC[C@@H](O)[C@H](O)[C@H]1O. The molecule has 0 radical (unpaired) electrons. The van der Waals surface area contributed by atoms with Crippen molar-refractivity contribution in [2.24, 2.45) is 10.1 Å². The van der Waals surface area contributed by atoms with Gasteiger partial charge in [0.15, 0.2) is 6.29 Å². The average molecular weight is 582 g/mol. The molecule has 0 spiro atoms. The molecule has 2 aliphatic rings. The molecule has 2 aromatic carbocycles. The van der Waals surface area contributed by atoms with Crippen LogP contribution in [0, 0.1) is 0 Å². The van der Waals surface area contributed by atoms with Gasteiger partial charge in [-0.3, -0.25) is 4.72 Å². The minimum Gasteiger partial charge on any atom is -0.388 e. The molecular weight excluding hydrogens is 558 g/mol. The van der Waals surface area contributed by atoms with E-state index < -0.39 is 49.5 Å². The number of hydrogen-bond acceptors (Lipinski definition) is 11. The number of nitrogens with one attached hydrogen (secondary N) is 1. The molecule has 2 heterocycles. The molecule has 0 saturated carbocycles. The van der Waals surface area contributed by atoms with Crippen molar-refractivity contribution in [2.45, 2.75) is 40.1 Å². The van der Waals surface area contributed by atoms with Crippen LogP contribution in [0.5, 0.6) is 0 Å². The zero-order valence-electron chi connectivity index (χ0n) is 18.4. The van der Waals surface area contributed by atoms with Crippen LogP contribution in [-0.2, 0) is 30.5 Å². The van der Waals surface area contributed by atoms with E-state index in [0.29, 0.717) is 11.5 Å². The summed E-state index contributed by atoms with van der Waals surface area (Å²) in [4.78, 5) is 3.51. The number of aliphatic imine (C=N–C) groups is 1. The Morgan fingerprint density at radius 2 is 1.78 bits per heavy atom. The molecule has 36 heavy (non-hydrogen) atoms. The van der Waals surface area contributed by atoms with Gasteiger partial charge in [0.1, 0.15) is 33.9 Å². The molecule has 2 aliphatic heterocycles. The van der Waals surface area contributed by atoms with Crippen molar-refractivity contribution in [1.29, 1.82) is 0 Å². The third-order valence-electron chi connectivity index (χ3n) is 4.94. The van der Waals surface area contributed by atoms with Gasteiger partial charge in [-0.25, -0.2) is 27.0 Å². The number of ether oxygens (including phenoxy) is 1. The van der Waals surface area contributed by atoms with Crippen LogP contribution in [0.25, 0.3) is 0 Å². The second-order valence-corrected chi connectivity index (χ2v) is 12.3. The number of rotatable bonds is 5. The normalized spacial score (nSPS) is 25.0. The number of thioether (sulfide) groups is 1. The molecule has 1 fully saturated rings. The number of aliphatic hydroxyl groups excluding tert-OH is 4. The highest BCUT2D eigenvalue weighted by molar-refractivity contribution is 7.99. The summed E-state index contributed by atoms with van der Waals surface area (Å²) in [6, 6.07) is 11.8. The number of nitrogens with two attached hydrogens (primary N) is 1. The number of aliphatic hydroxyl groups is 4. The maximum Gasteiger partial charge on any atom is 0.265 e. The fourth-order valence-corrected chi connectivity index (χ4v) is 6.43. The van der Waals surface area contributed by atoms with Crippen molar-refractivity contribution in [3.05, 3.63) is 53.1 Å². The first kappa shape index (κ1) is 28.8. The van der Waals surface area contributed by atoms with Gasteiger partial charge in [0.2, 0.25) is 10.0 Å². The van der Waals surface area contributed by atoms with Gasteiger partial charge in [-0.15, -0.1) is 11.8 Å². The summed E-state index contributed by atoms with van der Waals surface area (Å²) in [5.41, 5.74) is 1.19. The molecule has 4 atom stereocenters. The van der Waals surface area contributed by atoms with Gasteiger partial charge < -0.3 is 25.2 Å². The molecule has 1 saturated heterocycles. The van der Waals surface area contributed by atoms with Crippen molar-refractivity contribution < 1.29 is 42.0 Å². The topological polar surface area (TPSA) is 209 Å². The first-order valence-electron chi connectivity index (χ1n) is 10.2. The number of primary sulfonamides is 1. The maximum absolute atomic E-state index is 12.4. The number of hydrogen-bond donors (Lipinski definition) is 6. The molecule has 4 rings (SSSR count). The second kappa shape index (κ2) is 11.7. The lowest BCUT2D eigenvalue weighted by molar-refractivity contribution is -0.252. The zero-order valence-corrected chi connectivity index (χ0v) is 21.6. The Kier molecular flexibility index (Phi) is 9.37. The third-order valence-corrected chi connectivity index (χ3v) is 8.74. The number of fused-ring (bicyclic) bond motifs is 1. The number of nitrogens with zero attached hydrogens (tertiary/aromatic N) is 1. The summed E-state index contributed by atoms with van der Waals surface area (Å²) in [6.07, 6.45) is -5.23. The molecule has 198 valence electrons. The average Bonchev–Trinajstić information content (AvgIpc) is 2.80. The molecule has 0 amide bonds. The highest BCUT2D eigenvalue weighted by atomic mass is 35.5. The van der Waals surface area contributed by atoms with E-state index in [9.17, 15) is 16.8 Å². The summed E-state index contributed by atoms with van der Waals surface area (Å²) >= 11 is 7.42. The second-order valence-electron chi connectivity index (χ2n) is 7.71. The van der Waals surface area contributed by atoms with Crippen LogP contribution in [0.15, 0.2) is 57.2 Å². The van der Waals surface area contributed by atoms with E-state index >= 15 is 0 Å². The minimum atomic E-state index is -4.15. The number of amidine groups is 1. The van der Waals surface area contributed by atoms with E-state index in [4.69, 9.17) is 37.2 Å². The summed E-state index contributed by atoms with van der Waals surface area (Å²) in [7, 11) is -8.11. The molecule has 0 bridgehead atoms. The molecule has 1 unspecified atom stereocenters. The van der Waals surface area contributed by atoms with Gasteiger partial charge in [0.05, 0.1) is 23.1 Å². The third kappa shape index (κ3) is 7.16. The van der Waals surface area contributed by atoms with Crippen LogP contribution >= 0.6 is 23.4 Å². The van der Waals surface area contributed by atoms with E-state index in [0.717, 1.165) is 11.6 Å². The zero-order chi connectivity index (χ0) is 26.7. The van der Waals surface area contributed by atoms with Crippen molar-refractivity contribution in [1.82, 2.24) is 4.72 Å². The molecule has 7 N–H and O–H groups in total. The highest BCUT2D eigenvalue weighted by Gasteiger charge is 2.36. The van der Waals surface area contributed by atoms with Crippen molar-refractivity contribution in [3.8, 4) is 0 Å². The quantitative estimate of drug-likeness (QED) is 0.270. The van der Waals surface area contributed by atoms with Crippen molar-refractivity contribution in [3.63, 3.8) is 0 Å². The summed E-state index contributed by atoms with van der Waals surface area (Å²) in [5.74, 6) is 1.28. The summed E-state index contributed by atoms with van der Waals surface area (Å²) < 4.78 is 54.7. The van der Waals surface area contributed by atoms with Crippen LogP contribution in [-0.4, -0.2) is 80.1 Å². The van der Waals surface area contributed by atoms with Crippen LogP contribution in [0.2, 0.25) is 5.02 Å². The van der Waals surface area contributed by atoms with E-state index in [1.807, 2.05) is 30.3 Å². The lowest BCUT2D eigenvalue weighted by Gasteiger charge is -2.31. The van der Waals surface area contributed by atoms with Crippen LogP contribution in [0.4, 0.5) is 5.69 Å². The first-order valence-corrected chi connectivity index (χ1v) is 14.8. The van der Waals surface area contributed by atoms with E-state index in [-0.39, 0.29) is 28.0 Å². The van der Waals surface area contributed by atoms with Crippen LogP contribution in [0.3, 0.4) is 0 Å². The number of benzene rings is 2. The minimum absolute atomic E-state index is 0.0801. The molecule has 0 aromatic heterocycles. The van der Waals surface area contributed by atoms with Gasteiger partial charge in [-0.1, -0.05) is 41.9 Å². The van der Waals surface area contributed by atoms with Gasteiger partial charge in [-0.2, -0.15) is 0 Å². The molecule has 0 aliphatic carbocycles. The Morgan fingerprint density at radius 3 is 2.39 bits per heavy atom. The maximum atomic E-state index is 12.4. The molecule has 16 heteroatoms. The van der Waals surface area contributed by atoms with E-state index in [1.165, 1.54) is 17.8 Å². The Labute approximate surface area is 216 Å². The predicted octanol–water partition coefficient (Wildman–Crippen LogP) is -0.340. The first-order chi connectivity index (χ1) is 16.8. The van der Waals surface area contributed by atoms with Gasteiger partial charge >= 0.3 is 0 Å². The molecule has 2 aromatic rings. The van der Waals surface area contributed by atoms with Crippen LogP contribution in [0.1, 0.15) is 5.56 Å². The predicted molar refractivity (Wildman–Crippen MR) is 133 cm³/mol. The largest absolute Gasteiger partial charge is 0.388 e. The number of halogens is 1. The fraction of sp³-hybridized carbons (Fsp3) is 0.350. The van der Waals surface area contributed by atoms with E-state index in [2.05, 4.69) is 14.5 Å². The standard InChI is InChI=1S/C15H14ClN3O4S3.C5H10O5/c16-11-6-12-14(7-13(11)25(17,20)21)26(22,23)19-15(18-12)9-24-8-10-4-2-1-3-5-10;6-2-1-10-5(9)4(8)3(2)7/h1-7H,8-9H2,(H,18,19)(H2,17,20,21);2-9H,1H2/t;2-,3+,4-,5?/m.1/s1. The smallest absolute Gasteiger partial charge is 0.265 e. The number of sulfonamides is 2. The Bertz CT molecular complexity index is 1310. The van der Waals surface area contributed by atoms with E-state index in [1.54, 1.807) is 0 Å².